The Labute approximate surface area is 117 Å². The molecule has 1 aliphatic carbocycles. The molecule has 102 valence electrons. The van der Waals surface area contributed by atoms with E-state index in [-0.39, 0.29) is 0 Å². The lowest BCUT2D eigenvalue weighted by atomic mass is 9.88. The Bertz CT molecular complexity index is 458. The molecule has 1 aliphatic rings. The van der Waals surface area contributed by atoms with Crippen LogP contribution in [0.25, 0.3) is 0 Å². The van der Waals surface area contributed by atoms with Gasteiger partial charge >= 0.3 is 0 Å². The molecular weight excluding hydrogens is 230 g/mol. The second-order valence-electron chi connectivity index (χ2n) is 4.89. The third-order valence-electron chi connectivity index (χ3n) is 3.26. The maximum absolute atomic E-state index is 5.86. The molecule has 19 heavy (non-hydrogen) atoms. The monoisotopic (exact) mass is 255 g/mol. The second kappa shape index (κ2) is 7.63. The zero-order valence-corrected chi connectivity index (χ0v) is 12.0. The highest BCUT2D eigenvalue weighted by Crippen LogP contribution is 2.30. The topological polar surface area (TPSA) is 26.0 Å². The van der Waals surface area contributed by atoms with Crippen molar-refractivity contribution in [3.63, 3.8) is 0 Å². The quantitative estimate of drug-likeness (QED) is 0.639. The van der Waals surface area contributed by atoms with E-state index in [4.69, 9.17) is 5.73 Å². The fraction of sp³-hybridized carbons (Fsp3) is 0.333. The van der Waals surface area contributed by atoms with Gasteiger partial charge in [-0.25, -0.2) is 0 Å². The van der Waals surface area contributed by atoms with Gasteiger partial charge < -0.3 is 5.73 Å². The van der Waals surface area contributed by atoms with Crippen molar-refractivity contribution in [1.29, 1.82) is 0 Å². The van der Waals surface area contributed by atoms with Crippen molar-refractivity contribution in [3.8, 4) is 0 Å². The summed E-state index contributed by atoms with van der Waals surface area (Å²) in [6, 6.07) is 0. The molecule has 0 radical (unpaired) electrons. The minimum Gasteiger partial charge on any atom is -0.399 e. The first-order valence-corrected chi connectivity index (χ1v) is 6.95. The van der Waals surface area contributed by atoms with Crippen LogP contribution in [0, 0.1) is 0 Å². The van der Waals surface area contributed by atoms with Crippen LogP contribution in [0.15, 0.2) is 72.0 Å². The Morgan fingerprint density at radius 2 is 1.89 bits per heavy atom. The van der Waals surface area contributed by atoms with Crippen LogP contribution in [0.4, 0.5) is 0 Å². The third kappa shape index (κ3) is 4.44. The summed E-state index contributed by atoms with van der Waals surface area (Å²) in [5.41, 5.74) is 11.0. The van der Waals surface area contributed by atoms with Crippen LogP contribution in [-0.4, -0.2) is 0 Å². The Morgan fingerprint density at radius 3 is 2.42 bits per heavy atom. The SMILES string of the molecule is C=C/C(=C\CCC)CC(=C)C1=CCCC=C1C(=C)N. The number of allylic oxidation sites excluding steroid dienone is 7. The van der Waals surface area contributed by atoms with Crippen LogP contribution >= 0.6 is 0 Å². The average molecular weight is 255 g/mol. The lowest BCUT2D eigenvalue weighted by Crippen LogP contribution is -2.06. The van der Waals surface area contributed by atoms with Gasteiger partial charge in [0.15, 0.2) is 0 Å². The predicted molar refractivity (Wildman–Crippen MR) is 85.7 cm³/mol. The van der Waals surface area contributed by atoms with E-state index >= 15 is 0 Å². The van der Waals surface area contributed by atoms with Crippen molar-refractivity contribution in [3.05, 3.63) is 72.0 Å². The molecule has 0 atom stereocenters. The summed E-state index contributed by atoms with van der Waals surface area (Å²) < 4.78 is 0. The van der Waals surface area contributed by atoms with Crippen molar-refractivity contribution in [2.75, 3.05) is 0 Å². The predicted octanol–water partition coefficient (Wildman–Crippen LogP) is 4.96. The van der Waals surface area contributed by atoms with E-state index in [0.29, 0.717) is 5.70 Å². The van der Waals surface area contributed by atoms with E-state index in [1.54, 1.807) is 0 Å². The number of nitrogens with two attached hydrogens (primary N) is 1. The molecule has 0 bridgehead atoms. The van der Waals surface area contributed by atoms with Gasteiger partial charge in [-0.3, -0.25) is 0 Å². The van der Waals surface area contributed by atoms with E-state index in [2.05, 4.69) is 44.9 Å². The van der Waals surface area contributed by atoms with Gasteiger partial charge in [-0.05, 0) is 48.0 Å². The maximum Gasteiger partial charge on any atom is 0.0317 e. The van der Waals surface area contributed by atoms with Crippen LogP contribution in [0.1, 0.15) is 39.0 Å². The van der Waals surface area contributed by atoms with Crippen molar-refractivity contribution in [2.24, 2.45) is 5.73 Å². The summed E-state index contributed by atoms with van der Waals surface area (Å²) in [7, 11) is 0. The minimum atomic E-state index is 0.629. The molecule has 0 amide bonds. The first kappa shape index (κ1) is 15.3. The first-order valence-electron chi connectivity index (χ1n) is 6.95. The highest BCUT2D eigenvalue weighted by atomic mass is 14.6. The molecule has 0 aromatic carbocycles. The molecule has 1 rings (SSSR count). The van der Waals surface area contributed by atoms with E-state index in [0.717, 1.165) is 48.8 Å². The Kier molecular flexibility index (Phi) is 6.14. The van der Waals surface area contributed by atoms with E-state index < -0.39 is 0 Å². The molecule has 1 heteroatoms. The molecule has 1 nitrogen and oxygen atoms in total. The van der Waals surface area contributed by atoms with Crippen LogP contribution < -0.4 is 5.73 Å². The van der Waals surface area contributed by atoms with Crippen LogP contribution in [0.5, 0.6) is 0 Å². The third-order valence-corrected chi connectivity index (χ3v) is 3.26. The molecule has 0 saturated carbocycles. The van der Waals surface area contributed by atoms with E-state index in [1.807, 2.05) is 6.08 Å². The number of rotatable bonds is 7. The summed E-state index contributed by atoms with van der Waals surface area (Å²) in [5.74, 6) is 0. The first-order chi connectivity index (χ1) is 9.10. The van der Waals surface area contributed by atoms with E-state index in [1.165, 1.54) is 5.57 Å². The largest absolute Gasteiger partial charge is 0.399 e. The zero-order chi connectivity index (χ0) is 14.3. The maximum atomic E-state index is 5.86. The average Bonchev–Trinajstić information content (AvgIpc) is 2.43. The molecule has 0 unspecified atom stereocenters. The van der Waals surface area contributed by atoms with Crippen LogP contribution in [0.2, 0.25) is 0 Å². The molecule has 0 spiro atoms. The van der Waals surface area contributed by atoms with Gasteiger partial charge in [-0.1, -0.05) is 57.4 Å². The molecule has 0 aliphatic heterocycles. The van der Waals surface area contributed by atoms with Gasteiger partial charge in [0, 0.05) is 5.70 Å². The standard InChI is InChI=1S/C18H25N/c1-5-7-10-16(6-2)13-14(3)17-11-8-9-12-18(17)15(4)19/h6,10-12H,2-5,7-9,13,19H2,1H3/b16-10+. The summed E-state index contributed by atoms with van der Waals surface area (Å²) in [4.78, 5) is 0. The number of hydrogen-bond donors (Lipinski definition) is 1. The van der Waals surface area contributed by atoms with Crippen molar-refractivity contribution in [1.82, 2.24) is 0 Å². The molecule has 0 fully saturated rings. The Morgan fingerprint density at radius 1 is 1.26 bits per heavy atom. The summed E-state index contributed by atoms with van der Waals surface area (Å²) >= 11 is 0. The van der Waals surface area contributed by atoms with Gasteiger partial charge in [-0.15, -0.1) is 0 Å². The van der Waals surface area contributed by atoms with Gasteiger partial charge in [0.2, 0.25) is 0 Å². The minimum absolute atomic E-state index is 0.629. The van der Waals surface area contributed by atoms with E-state index in [9.17, 15) is 0 Å². The Balaban J connectivity index is 2.82. The summed E-state index contributed by atoms with van der Waals surface area (Å²) in [6.07, 6.45) is 13.7. The van der Waals surface area contributed by atoms with Crippen molar-refractivity contribution in [2.45, 2.75) is 39.0 Å². The van der Waals surface area contributed by atoms with Gasteiger partial charge in [0.1, 0.15) is 0 Å². The number of hydrogen-bond acceptors (Lipinski definition) is 1. The van der Waals surface area contributed by atoms with Gasteiger partial charge in [0.25, 0.3) is 0 Å². The molecule has 2 N–H and O–H groups in total. The lowest BCUT2D eigenvalue weighted by Gasteiger charge is -2.19. The molecular formula is C18H25N. The Hall–Kier alpha value is -1.76. The lowest BCUT2D eigenvalue weighted by molar-refractivity contribution is 0.942. The van der Waals surface area contributed by atoms with Crippen molar-refractivity contribution < 1.29 is 0 Å². The van der Waals surface area contributed by atoms with Crippen LogP contribution in [-0.2, 0) is 0 Å². The van der Waals surface area contributed by atoms with Crippen LogP contribution in [0.3, 0.4) is 0 Å². The zero-order valence-electron chi connectivity index (χ0n) is 12.0. The van der Waals surface area contributed by atoms with Crippen molar-refractivity contribution >= 4 is 0 Å². The fourth-order valence-electron chi connectivity index (χ4n) is 2.21. The molecule has 0 aromatic rings. The second-order valence-corrected chi connectivity index (χ2v) is 4.89. The normalized spacial score (nSPS) is 15.5. The van der Waals surface area contributed by atoms with Gasteiger partial charge in [0.05, 0.1) is 0 Å². The highest BCUT2D eigenvalue weighted by Gasteiger charge is 2.13. The molecule has 0 saturated heterocycles. The number of unbranched alkanes of at least 4 members (excludes halogenated alkanes) is 1. The highest BCUT2D eigenvalue weighted by molar-refractivity contribution is 5.56. The summed E-state index contributed by atoms with van der Waals surface area (Å²) in [6.45, 7) is 14.1. The molecule has 0 heterocycles. The fourth-order valence-corrected chi connectivity index (χ4v) is 2.21. The molecule has 0 aromatic heterocycles. The summed E-state index contributed by atoms with van der Waals surface area (Å²) in [5, 5.41) is 0. The van der Waals surface area contributed by atoms with Gasteiger partial charge in [-0.2, -0.15) is 0 Å². The smallest absolute Gasteiger partial charge is 0.0317 e.